The summed E-state index contributed by atoms with van der Waals surface area (Å²) in [6.45, 7) is 3.56. The summed E-state index contributed by atoms with van der Waals surface area (Å²) in [4.78, 5) is 13.6. The summed E-state index contributed by atoms with van der Waals surface area (Å²) < 4.78 is 18.6. The molecule has 9 heteroatoms. The third kappa shape index (κ3) is 5.08. The van der Waals surface area contributed by atoms with Gasteiger partial charge in [0, 0.05) is 11.8 Å². The molecule has 0 unspecified atom stereocenters. The van der Waals surface area contributed by atoms with E-state index in [1.165, 1.54) is 12.1 Å². The van der Waals surface area contributed by atoms with E-state index in [0.29, 0.717) is 18.5 Å². The number of nitriles is 1. The Balaban J connectivity index is 1.38. The van der Waals surface area contributed by atoms with E-state index in [9.17, 15) is 9.18 Å². The number of rotatable bonds is 8. The summed E-state index contributed by atoms with van der Waals surface area (Å²) in [7, 11) is 0. The number of carbonyl (C=O) groups is 1. The largest absolute Gasteiger partial charge is 0.484 e. The van der Waals surface area contributed by atoms with Gasteiger partial charge in [-0.2, -0.15) is 20.3 Å². The monoisotopic (exact) mass is 403 g/mol. The normalized spacial score (nSPS) is 18.0. The van der Waals surface area contributed by atoms with Gasteiger partial charge in [-0.1, -0.05) is 18.2 Å². The van der Waals surface area contributed by atoms with Gasteiger partial charge < -0.3 is 10.1 Å². The number of nitrogens with zero attached hydrogens (tertiary/aromatic N) is 4. The highest BCUT2D eigenvalue weighted by Gasteiger charge is 2.31. The molecule has 0 aliphatic heterocycles. The Labute approximate surface area is 166 Å². The summed E-state index contributed by atoms with van der Waals surface area (Å²) in [5.74, 6) is -0.682. The Morgan fingerprint density at radius 3 is 3.00 bits per heavy atom. The van der Waals surface area contributed by atoms with Gasteiger partial charge in [-0.15, -0.1) is 0 Å². The molecule has 2 aromatic rings. The minimum Gasteiger partial charge on any atom is -0.484 e. The van der Waals surface area contributed by atoms with Gasteiger partial charge >= 0.3 is 0 Å². The molecule has 1 aliphatic rings. The molecule has 0 saturated heterocycles. The highest BCUT2D eigenvalue weighted by atomic mass is 35.5. The molecule has 0 radical (unpaired) electrons. The highest BCUT2D eigenvalue weighted by Crippen LogP contribution is 2.36. The van der Waals surface area contributed by atoms with Crippen molar-refractivity contribution in [1.29, 1.82) is 5.26 Å². The van der Waals surface area contributed by atoms with Crippen LogP contribution in [0.15, 0.2) is 36.7 Å². The van der Waals surface area contributed by atoms with Crippen molar-refractivity contribution in [3.8, 4) is 11.8 Å². The maximum Gasteiger partial charge on any atom is 0.262 e. The van der Waals surface area contributed by atoms with Crippen LogP contribution in [0.25, 0.3) is 0 Å². The number of nitrogens with one attached hydrogen (secondary N) is 1. The molecule has 1 heterocycles. The molecule has 1 saturated carbocycles. The fourth-order valence-electron chi connectivity index (χ4n) is 2.77. The predicted octanol–water partition coefficient (Wildman–Crippen LogP) is 3.19. The second-order valence-corrected chi connectivity index (χ2v) is 7.03. The molecule has 0 spiro atoms. The average Bonchev–Trinajstić information content (AvgIpc) is 3.09. The number of amides is 1. The van der Waals surface area contributed by atoms with Gasteiger partial charge in [-0.05, 0) is 37.8 Å². The molecule has 1 amide bonds. The topological polar surface area (TPSA) is 92.8 Å². The third-order valence-electron chi connectivity index (χ3n) is 4.44. The summed E-state index contributed by atoms with van der Waals surface area (Å²) in [5.41, 5.74) is 1.32. The van der Waals surface area contributed by atoms with Crippen molar-refractivity contribution >= 4 is 17.5 Å². The number of ether oxygens (including phenoxy) is 1. The van der Waals surface area contributed by atoms with Crippen molar-refractivity contribution in [2.75, 3.05) is 6.61 Å². The zero-order valence-corrected chi connectivity index (χ0v) is 15.8. The van der Waals surface area contributed by atoms with Crippen LogP contribution < -0.4 is 10.1 Å². The molecular weight excluding hydrogens is 385 g/mol. The maximum absolute atomic E-state index is 13.3. The fourth-order valence-corrected chi connectivity index (χ4v) is 2.89. The van der Waals surface area contributed by atoms with Crippen LogP contribution in [0.1, 0.15) is 31.0 Å². The Morgan fingerprint density at radius 2 is 2.29 bits per heavy atom. The first kappa shape index (κ1) is 19.8. The van der Waals surface area contributed by atoms with E-state index in [4.69, 9.17) is 21.6 Å². The lowest BCUT2D eigenvalue weighted by Crippen LogP contribution is -2.28. The van der Waals surface area contributed by atoms with Crippen molar-refractivity contribution in [2.45, 2.75) is 31.7 Å². The SMILES string of the molecule is C=C(CCc1cnn(C2CC(C#N)C2)n1)NC(=O)COc1ccc(Cl)c(F)c1. The Bertz CT molecular complexity index is 917. The molecule has 1 aromatic carbocycles. The predicted molar refractivity (Wildman–Crippen MR) is 99.9 cm³/mol. The van der Waals surface area contributed by atoms with Crippen molar-refractivity contribution in [3.05, 3.63) is 53.2 Å². The molecule has 0 atom stereocenters. The molecule has 146 valence electrons. The summed E-state index contributed by atoms with van der Waals surface area (Å²) in [6, 6.07) is 6.39. The van der Waals surface area contributed by atoms with E-state index in [1.54, 1.807) is 11.0 Å². The Hall–Kier alpha value is -2.92. The van der Waals surface area contributed by atoms with Crippen LogP contribution in [0.5, 0.6) is 5.75 Å². The van der Waals surface area contributed by atoms with E-state index < -0.39 is 5.82 Å². The zero-order chi connectivity index (χ0) is 20.1. The van der Waals surface area contributed by atoms with E-state index >= 15 is 0 Å². The first-order valence-corrected chi connectivity index (χ1v) is 9.18. The van der Waals surface area contributed by atoms with Crippen LogP contribution in [-0.4, -0.2) is 27.5 Å². The number of hydrogen-bond donors (Lipinski definition) is 1. The van der Waals surface area contributed by atoms with Crippen LogP contribution >= 0.6 is 11.6 Å². The summed E-state index contributed by atoms with van der Waals surface area (Å²) >= 11 is 5.60. The van der Waals surface area contributed by atoms with Gasteiger partial charge in [0.2, 0.25) is 0 Å². The molecule has 28 heavy (non-hydrogen) atoms. The molecule has 1 aromatic heterocycles. The molecule has 1 fully saturated rings. The first-order chi connectivity index (χ1) is 13.4. The molecule has 7 nitrogen and oxygen atoms in total. The van der Waals surface area contributed by atoms with E-state index in [1.807, 2.05) is 0 Å². The Morgan fingerprint density at radius 1 is 1.50 bits per heavy atom. The van der Waals surface area contributed by atoms with Crippen LogP contribution in [-0.2, 0) is 11.2 Å². The van der Waals surface area contributed by atoms with Gasteiger partial charge in [0.25, 0.3) is 5.91 Å². The number of aromatic nitrogens is 3. The number of carbonyl (C=O) groups excluding carboxylic acids is 1. The minimum atomic E-state index is -0.609. The number of halogens is 2. The van der Waals surface area contributed by atoms with Gasteiger partial charge in [0.15, 0.2) is 6.61 Å². The number of hydrogen-bond acceptors (Lipinski definition) is 5. The van der Waals surface area contributed by atoms with E-state index in [-0.39, 0.29) is 35.2 Å². The van der Waals surface area contributed by atoms with Gasteiger partial charge in [0.1, 0.15) is 11.6 Å². The van der Waals surface area contributed by atoms with E-state index in [0.717, 1.165) is 24.6 Å². The lowest BCUT2D eigenvalue weighted by molar-refractivity contribution is -0.122. The van der Waals surface area contributed by atoms with Crippen molar-refractivity contribution < 1.29 is 13.9 Å². The lowest BCUT2D eigenvalue weighted by atomic mass is 9.82. The average molecular weight is 404 g/mol. The molecule has 1 N–H and O–H groups in total. The summed E-state index contributed by atoms with van der Waals surface area (Å²) in [5, 5.41) is 20.1. The smallest absolute Gasteiger partial charge is 0.262 e. The van der Waals surface area contributed by atoms with Crippen molar-refractivity contribution in [2.24, 2.45) is 5.92 Å². The molecule has 1 aliphatic carbocycles. The van der Waals surface area contributed by atoms with Gasteiger partial charge in [-0.25, -0.2) is 4.39 Å². The van der Waals surface area contributed by atoms with Crippen molar-refractivity contribution in [1.82, 2.24) is 20.3 Å². The Kier molecular flexibility index (Phi) is 6.26. The maximum atomic E-state index is 13.3. The van der Waals surface area contributed by atoms with Crippen LogP contribution in [0.3, 0.4) is 0 Å². The standard InChI is InChI=1S/C19H19ClFN5O2/c1-12(24-19(27)11-28-16-4-5-17(20)18(21)8-16)2-3-14-10-23-26(25-14)15-6-13(7-15)9-22/h4-5,8,10,13,15H,1-3,6-7,11H2,(H,24,27). The number of allylic oxidation sites excluding steroid dienone is 1. The minimum absolute atomic E-state index is 0.00991. The van der Waals surface area contributed by atoms with Crippen LogP contribution in [0.2, 0.25) is 5.02 Å². The fraction of sp³-hybridized carbons (Fsp3) is 0.368. The molecule has 3 rings (SSSR count). The third-order valence-corrected chi connectivity index (χ3v) is 4.74. The molecule has 0 bridgehead atoms. The lowest BCUT2D eigenvalue weighted by Gasteiger charge is -2.29. The van der Waals surface area contributed by atoms with Gasteiger partial charge in [-0.3, -0.25) is 4.79 Å². The summed E-state index contributed by atoms with van der Waals surface area (Å²) in [6.07, 6.45) is 4.34. The first-order valence-electron chi connectivity index (χ1n) is 8.80. The number of benzene rings is 1. The zero-order valence-electron chi connectivity index (χ0n) is 15.1. The van der Waals surface area contributed by atoms with Crippen LogP contribution in [0.4, 0.5) is 4.39 Å². The quantitative estimate of drug-likeness (QED) is 0.730. The highest BCUT2D eigenvalue weighted by molar-refractivity contribution is 6.30. The second-order valence-electron chi connectivity index (χ2n) is 6.62. The second kappa shape index (κ2) is 8.85. The van der Waals surface area contributed by atoms with Crippen LogP contribution in [0, 0.1) is 23.1 Å². The van der Waals surface area contributed by atoms with Crippen molar-refractivity contribution in [3.63, 3.8) is 0 Å². The van der Waals surface area contributed by atoms with E-state index in [2.05, 4.69) is 28.2 Å². The molecular formula is C19H19ClFN5O2. The van der Waals surface area contributed by atoms with Gasteiger partial charge in [0.05, 0.1) is 34.9 Å². The number of aryl methyl sites for hydroxylation is 1.